The van der Waals surface area contributed by atoms with Crippen molar-refractivity contribution in [1.82, 2.24) is 0 Å². The Balaban J connectivity index is 1.96. The Morgan fingerprint density at radius 3 is 2.55 bits per heavy atom. The fraction of sp³-hybridized carbons (Fsp3) is 0.500. The van der Waals surface area contributed by atoms with Gasteiger partial charge >= 0.3 is 0 Å². The standard InChI is InChI=1S/C14H16O5S/c15-11-3-1-2-4-14(11)20(16,17)10-5-6-12-13(9-10)19-8-7-18-12/h5-6,9,14H,1-4,7-8H2. The number of rotatable bonds is 2. The molecule has 3 rings (SSSR count). The Hall–Kier alpha value is -1.56. The minimum Gasteiger partial charge on any atom is -0.486 e. The number of carbonyl (C=O) groups excluding carboxylic acids is 1. The average Bonchev–Trinajstić information content (AvgIpc) is 2.47. The number of ketones is 1. The van der Waals surface area contributed by atoms with E-state index in [2.05, 4.69) is 0 Å². The van der Waals surface area contributed by atoms with Gasteiger partial charge in [-0.15, -0.1) is 0 Å². The normalized spacial score (nSPS) is 22.6. The number of fused-ring (bicyclic) bond motifs is 1. The van der Waals surface area contributed by atoms with Crippen LogP contribution in [-0.4, -0.2) is 32.7 Å². The van der Waals surface area contributed by atoms with Crippen LogP contribution in [-0.2, 0) is 14.6 Å². The molecule has 2 aliphatic rings. The molecule has 5 nitrogen and oxygen atoms in total. The van der Waals surface area contributed by atoms with Crippen LogP contribution in [0.5, 0.6) is 11.5 Å². The van der Waals surface area contributed by atoms with Crippen molar-refractivity contribution in [3.63, 3.8) is 0 Å². The van der Waals surface area contributed by atoms with Crippen LogP contribution in [0, 0.1) is 0 Å². The lowest BCUT2D eigenvalue weighted by Crippen LogP contribution is -2.33. The lowest BCUT2D eigenvalue weighted by molar-refractivity contribution is -0.119. The van der Waals surface area contributed by atoms with Crippen LogP contribution in [0.1, 0.15) is 25.7 Å². The van der Waals surface area contributed by atoms with Gasteiger partial charge in [0, 0.05) is 12.5 Å². The molecule has 6 heteroatoms. The molecule has 0 aromatic heterocycles. The molecule has 1 aromatic rings. The first kappa shape index (κ1) is 13.4. The van der Waals surface area contributed by atoms with Crippen LogP contribution < -0.4 is 9.47 Å². The van der Waals surface area contributed by atoms with Crippen molar-refractivity contribution in [3.8, 4) is 11.5 Å². The molecule has 1 saturated carbocycles. The monoisotopic (exact) mass is 296 g/mol. The molecule has 1 aromatic carbocycles. The maximum absolute atomic E-state index is 12.6. The molecule has 0 saturated heterocycles. The third-order valence-electron chi connectivity index (χ3n) is 3.72. The molecule has 1 heterocycles. The fourth-order valence-electron chi connectivity index (χ4n) is 2.64. The minimum atomic E-state index is -3.63. The third kappa shape index (κ3) is 2.28. The Morgan fingerprint density at radius 1 is 1.05 bits per heavy atom. The summed E-state index contributed by atoms with van der Waals surface area (Å²) in [4.78, 5) is 12.0. The first-order valence-corrected chi connectivity index (χ1v) is 8.30. The van der Waals surface area contributed by atoms with E-state index in [1.807, 2.05) is 0 Å². The van der Waals surface area contributed by atoms with Crippen LogP contribution in [0.2, 0.25) is 0 Å². The number of ether oxygens (including phenoxy) is 2. The number of hydrogen-bond acceptors (Lipinski definition) is 5. The van der Waals surface area contributed by atoms with Crippen LogP contribution in [0.25, 0.3) is 0 Å². The lowest BCUT2D eigenvalue weighted by atomic mass is 9.99. The van der Waals surface area contributed by atoms with Gasteiger partial charge in [0.1, 0.15) is 18.5 Å². The molecule has 1 aliphatic heterocycles. The Bertz CT molecular complexity index is 635. The lowest BCUT2D eigenvalue weighted by Gasteiger charge is -2.22. The summed E-state index contributed by atoms with van der Waals surface area (Å²) in [6.45, 7) is 0.860. The van der Waals surface area contributed by atoms with Crippen molar-refractivity contribution in [1.29, 1.82) is 0 Å². The quantitative estimate of drug-likeness (QED) is 0.831. The summed E-state index contributed by atoms with van der Waals surface area (Å²) in [6, 6.07) is 4.55. The second-order valence-electron chi connectivity index (χ2n) is 5.05. The van der Waals surface area contributed by atoms with Crippen molar-refractivity contribution in [3.05, 3.63) is 18.2 Å². The van der Waals surface area contributed by atoms with E-state index in [9.17, 15) is 13.2 Å². The molecule has 0 N–H and O–H groups in total. The number of hydrogen-bond donors (Lipinski definition) is 0. The topological polar surface area (TPSA) is 69.7 Å². The predicted octanol–water partition coefficient (Wildman–Crippen LogP) is 1.74. The Morgan fingerprint density at radius 2 is 1.80 bits per heavy atom. The van der Waals surface area contributed by atoms with Crippen LogP contribution in [0.4, 0.5) is 0 Å². The first-order valence-electron chi connectivity index (χ1n) is 6.75. The zero-order valence-corrected chi connectivity index (χ0v) is 11.8. The first-order chi connectivity index (χ1) is 9.59. The molecular weight excluding hydrogens is 280 g/mol. The fourth-order valence-corrected chi connectivity index (χ4v) is 4.44. The highest BCUT2D eigenvalue weighted by atomic mass is 32.2. The van der Waals surface area contributed by atoms with Gasteiger partial charge in [0.25, 0.3) is 0 Å². The third-order valence-corrected chi connectivity index (χ3v) is 5.87. The van der Waals surface area contributed by atoms with Crippen molar-refractivity contribution in [2.45, 2.75) is 35.8 Å². The van der Waals surface area contributed by atoms with Gasteiger partial charge in [-0.05, 0) is 25.0 Å². The van der Waals surface area contributed by atoms with E-state index < -0.39 is 15.1 Å². The molecule has 1 unspecified atom stereocenters. The van der Waals surface area contributed by atoms with Crippen LogP contribution >= 0.6 is 0 Å². The van der Waals surface area contributed by atoms with E-state index in [0.717, 1.165) is 12.8 Å². The summed E-state index contributed by atoms with van der Waals surface area (Å²) in [5, 5.41) is -0.904. The minimum absolute atomic E-state index is 0.141. The summed E-state index contributed by atoms with van der Waals surface area (Å²) in [7, 11) is -3.63. The van der Waals surface area contributed by atoms with E-state index in [4.69, 9.17) is 9.47 Å². The molecule has 20 heavy (non-hydrogen) atoms. The number of carbonyl (C=O) groups is 1. The van der Waals surface area contributed by atoms with Crippen molar-refractivity contribution in [2.24, 2.45) is 0 Å². The van der Waals surface area contributed by atoms with E-state index >= 15 is 0 Å². The van der Waals surface area contributed by atoms with Gasteiger partial charge in [-0.3, -0.25) is 4.79 Å². The van der Waals surface area contributed by atoms with Gasteiger partial charge in [0.05, 0.1) is 4.90 Å². The van der Waals surface area contributed by atoms with Crippen molar-refractivity contribution in [2.75, 3.05) is 13.2 Å². The van der Waals surface area contributed by atoms with Crippen LogP contribution in [0.3, 0.4) is 0 Å². The smallest absolute Gasteiger partial charge is 0.188 e. The SMILES string of the molecule is O=C1CCCCC1S(=O)(=O)c1ccc2c(c1)OCCO2. The molecule has 0 radical (unpaired) electrons. The summed E-state index contributed by atoms with van der Waals surface area (Å²) < 4.78 is 35.9. The number of sulfone groups is 1. The molecule has 0 amide bonds. The number of Topliss-reactive ketones (excluding diaryl/α,β-unsaturated/α-hetero) is 1. The summed E-state index contributed by atoms with van der Waals surface area (Å²) >= 11 is 0. The summed E-state index contributed by atoms with van der Waals surface area (Å²) in [5.74, 6) is 0.803. The highest BCUT2D eigenvalue weighted by molar-refractivity contribution is 7.92. The van der Waals surface area contributed by atoms with Gasteiger partial charge in [0.15, 0.2) is 27.1 Å². The molecule has 0 bridgehead atoms. The van der Waals surface area contributed by atoms with E-state index in [1.54, 1.807) is 6.07 Å². The summed E-state index contributed by atoms with van der Waals surface area (Å²) in [6.07, 6.45) is 2.33. The van der Waals surface area contributed by atoms with Gasteiger partial charge < -0.3 is 9.47 Å². The van der Waals surface area contributed by atoms with Crippen molar-refractivity contribution < 1.29 is 22.7 Å². The van der Waals surface area contributed by atoms with Crippen LogP contribution in [0.15, 0.2) is 23.1 Å². The second-order valence-corrected chi connectivity index (χ2v) is 7.18. The zero-order chi connectivity index (χ0) is 14.2. The predicted molar refractivity (Wildman–Crippen MR) is 71.9 cm³/mol. The van der Waals surface area contributed by atoms with E-state index in [1.165, 1.54) is 12.1 Å². The van der Waals surface area contributed by atoms with E-state index in [-0.39, 0.29) is 10.7 Å². The Labute approximate surface area is 117 Å². The molecule has 1 atom stereocenters. The van der Waals surface area contributed by atoms with Gasteiger partial charge in [-0.2, -0.15) is 0 Å². The molecule has 0 spiro atoms. The maximum Gasteiger partial charge on any atom is 0.188 e. The largest absolute Gasteiger partial charge is 0.486 e. The van der Waals surface area contributed by atoms with E-state index in [0.29, 0.717) is 37.6 Å². The van der Waals surface area contributed by atoms with Gasteiger partial charge in [-0.1, -0.05) is 6.42 Å². The molecule has 108 valence electrons. The highest BCUT2D eigenvalue weighted by Crippen LogP contribution is 2.34. The van der Waals surface area contributed by atoms with Gasteiger partial charge in [-0.25, -0.2) is 8.42 Å². The summed E-state index contributed by atoms with van der Waals surface area (Å²) in [5.41, 5.74) is 0. The second kappa shape index (κ2) is 5.09. The van der Waals surface area contributed by atoms with Gasteiger partial charge in [0.2, 0.25) is 0 Å². The Kier molecular flexibility index (Phi) is 3.41. The highest BCUT2D eigenvalue weighted by Gasteiger charge is 2.35. The average molecular weight is 296 g/mol. The number of benzene rings is 1. The maximum atomic E-state index is 12.6. The molecular formula is C14H16O5S. The zero-order valence-electron chi connectivity index (χ0n) is 11.0. The molecule has 1 fully saturated rings. The molecule has 1 aliphatic carbocycles. The van der Waals surface area contributed by atoms with Crippen molar-refractivity contribution >= 4 is 15.6 Å².